The van der Waals surface area contributed by atoms with Gasteiger partial charge in [0.25, 0.3) is 0 Å². The molecule has 0 bridgehead atoms. The molecule has 29 heavy (non-hydrogen) atoms. The van der Waals surface area contributed by atoms with E-state index in [9.17, 15) is 4.79 Å². The maximum Gasteiger partial charge on any atom is 0.322 e. The van der Waals surface area contributed by atoms with Crippen molar-refractivity contribution in [3.8, 4) is 17.1 Å². The number of carbonyl (C=O) groups is 1. The number of anilines is 1. The molecule has 0 aliphatic carbocycles. The number of rotatable bonds is 3. The molecule has 1 aromatic carbocycles. The smallest absolute Gasteiger partial charge is 0.322 e. The highest BCUT2D eigenvalue weighted by atomic mass is 16.5. The third-order valence-electron chi connectivity index (χ3n) is 6.00. The summed E-state index contributed by atoms with van der Waals surface area (Å²) in [6.07, 6.45) is 1.76. The third kappa shape index (κ3) is 3.00. The minimum Gasteiger partial charge on any atom is -0.481 e. The molecule has 2 aromatic heterocycles. The Morgan fingerprint density at radius 2 is 2.10 bits per heavy atom. The number of nitrogens with one attached hydrogen (secondary N) is 2. The van der Waals surface area contributed by atoms with Gasteiger partial charge >= 0.3 is 6.03 Å². The Balaban J connectivity index is 1.51. The van der Waals surface area contributed by atoms with E-state index in [1.165, 1.54) is 0 Å². The van der Waals surface area contributed by atoms with Crippen LogP contribution in [-0.2, 0) is 6.54 Å². The number of aromatic nitrogens is 3. The van der Waals surface area contributed by atoms with Crippen LogP contribution in [0.5, 0.6) is 5.88 Å². The van der Waals surface area contributed by atoms with Crippen molar-refractivity contribution in [2.75, 3.05) is 32.6 Å². The van der Waals surface area contributed by atoms with E-state index in [1.54, 1.807) is 13.3 Å². The van der Waals surface area contributed by atoms with E-state index in [2.05, 4.69) is 45.4 Å². The number of H-pyrrole nitrogens is 1. The molecule has 5 rings (SSSR count). The van der Waals surface area contributed by atoms with Crippen molar-refractivity contribution in [2.24, 2.45) is 5.92 Å². The number of pyridine rings is 1. The molecule has 2 N–H and O–H groups in total. The number of urea groups is 1. The maximum absolute atomic E-state index is 12.8. The first-order valence-electron chi connectivity index (χ1n) is 9.81. The van der Waals surface area contributed by atoms with Crippen molar-refractivity contribution in [3.63, 3.8) is 0 Å². The molecule has 0 unspecified atom stereocenters. The highest BCUT2D eigenvalue weighted by Gasteiger charge is 2.37. The van der Waals surface area contributed by atoms with Gasteiger partial charge in [0.05, 0.1) is 18.7 Å². The number of likely N-dealkylation sites (tertiary alicyclic amines) is 1. The van der Waals surface area contributed by atoms with Gasteiger partial charge in [0.1, 0.15) is 5.69 Å². The minimum atomic E-state index is -0.0249. The van der Waals surface area contributed by atoms with Crippen LogP contribution in [0.4, 0.5) is 10.5 Å². The average molecular weight is 392 g/mol. The minimum absolute atomic E-state index is 0.0249. The number of likely N-dealkylation sites (N-methyl/N-ethyl adjacent to an activating group) is 1. The second-order valence-corrected chi connectivity index (χ2v) is 8.04. The zero-order chi connectivity index (χ0) is 20.1. The largest absolute Gasteiger partial charge is 0.481 e. The lowest BCUT2D eigenvalue weighted by atomic mass is 10.00. The zero-order valence-corrected chi connectivity index (χ0v) is 16.8. The lowest BCUT2D eigenvalue weighted by Crippen LogP contribution is -2.48. The van der Waals surface area contributed by atoms with E-state index in [-0.39, 0.29) is 12.1 Å². The molecule has 3 aromatic rings. The number of aromatic amines is 1. The quantitative estimate of drug-likeness (QED) is 0.716. The summed E-state index contributed by atoms with van der Waals surface area (Å²) in [5.74, 6) is 1.02. The van der Waals surface area contributed by atoms with Gasteiger partial charge in [-0.3, -0.25) is 5.10 Å². The Morgan fingerprint density at radius 3 is 2.79 bits per heavy atom. The topological polar surface area (TPSA) is 86.4 Å². The monoisotopic (exact) mass is 392 g/mol. The molecule has 4 heterocycles. The fourth-order valence-electron chi connectivity index (χ4n) is 4.52. The van der Waals surface area contributed by atoms with Crippen molar-refractivity contribution in [1.29, 1.82) is 0 Å². The number of fused-ring (bicyclic) bond motifs is 2. The van der Waals surface area contributed by atoms with E-state index < -0.39 is 0 Å². The van der Waals surface area contributed by atoms with E-state index in [0.29, 0.717) is 18.3 Å². The molecule has 2 amide bonds. The molecule has 8 nitrogen and oxygen atoms in total. The van der Waals surface area contributed by atoms with Crippen LogP contribution in [0.1, 0.15) is 12.5 Å². The predicted molar refractivity (Wildman–Crippen MR) is 111 cm³/mol. The Bertz CT molecular complexity index is 1080. The number of amides is 2. The highest BCUT2D eigenvalue weighted by Crippen LogP contribution is 2.35. The third-order valence-corrected chi connectivity index (χ3v) is 6.00. The predicted octanol–water partition coefficient (Wildman–Crippen LogP) is 2.93. The standard InChI is InChI=1S/C21H24N6O2/c1-12-9-26(2)11-18(12)27-10-14-6-15-17(7-16(14)23-21(27)28)24-25-20(15)13-4-5-19(29-3)22-8-13/h4-8,12,18H,9-11H2,1-3H3,(H,23,28)(H,24,25)/t12-,18-/m1/s1. The molecule has 1 saturated heterocycles. The van der Waals surface area contributed by atoms with Crippen molar-refractivity contribution in [3.05, 3.63) is 36.0 Å². The fourth-order valence-corrected chi connectivity index (χ4v) is 4.52. The molecular weight excluding hydrogens is 368 g/mol. The van der Waals surface area contributed by atoms with Crippen molar-refractivity contribution in [1.82, 2.24) is 25.0 Å². The summed E-state index contributed by atoms with van der Waals surface area (Å²) in [5, 5.41) is 11.7. The van der Waals surface area contributed by atoms with Crippen LogP contribution in [0.25, 0.3) is 22.2 Å². The van der Waals surface area contributed by atoms with Crippen LogP contribution in [0.3, 0.4) is 0 Å². The summed E-state index contributed by atoms with van der Waals surface area (Å²) in [5.41, 5.74) is 4.59. The second kappa shape index (κ2) is 6.73. The van der Waals surface area contributed by atoms with E-state index in [0.717, 1.165) is 46.5 Å². The number of nitrogens with zero attached hydrogens (tertiary/aromatic N) is 4. The van der Waals surface area contributed by atoms with Crippen LogP contribution in [0.2, 0.25) is 0 Å². The van der Waals surface area contributed by atoms with Crippen molar-refractivity contribution in [2.45, 2.75) is 19.5 Å². The number of benzene rings is 1. The van der Waals surface area contributed by atoms with Crippen molar-refractivity contribution < 1.29 is 9.53 Å². The number of carbonyl (C=O) groups excluding carboxylic acids is 1. The molecule has 150 valence electrons. The first-order chi connectivity index (χ1) is 14.0. The molecular formula is C21H24N6O2. The molecule has 2 atom stereocenters. The fraction of sp³-hybridized carbons (Fsp3) is 0.381. The maximum atomic E-state index is 12.8. The van der Waals surface area contributed by atoms with Gasteiger partial charge in [-0.2, -0.15) is 5.10 Å². The van der Waals surface area contributed by atoms with Crippen LogP contribution < -0.4 is 10.1 Å². The summed E-state index contributed by atoms with van der Waals surface area (Å²) in [7, 11) is 3.71. The van der Waals surface area contributed by atoms with Gasteiger partial charge in [0, 0.05) is 48.5 Å². The van der Waals surface area contributed by atoms with E-state index in [1.807, 2.05) is 23.1 Å². The SMILES string of the molecule is COc1ccc(-c2n[nH]c3cc4c(cc23)CN([C@@H]2CN(C)C[C@H]2C)C(=O)N4)cn1. The Hall–Kier alpha value is -3.13. The Morgan fingerprint density at radius 1 is 1.24 bits per heavy atom. The summed E-state index contributed by atoms with van der Waals surface area (Å²) in [6.45, 7) is 4.73. The molecule has 0 saturated carbocycles. The lowest BCUT2D eigenvalue weighted by Gasteiger charge is -2.35. The van der Waals surface area contributed by atoms with E-state index >= 15 is 0 Å². The molecule has 0 radical (unpaired) electrons. The molecule has 1 fully saturated rings. The van der Waals surface area contributed by atoms with Crippen molar-refractivity contribution >= 4 is 22.6 Å². The number of hydrogen-bond acceptors (Lipinski definition) is 5. The highest BCUT2D eigenvalue weighted by molar-refractivity contribution is 6.00. The van der Waals surface area contributed by atoms with Gasteiger partial charge < -0.3 is 19.9 Å². The molecule has 2 aliphatic heterocycles. The molecule has 0 spiro atoms. The normalized spacial score (nSPS) is 22.0. The van der Waals surface area contributed by atoms with Gasteiger partial charge in [0.15, 0.2) is 0 Å². The number of methoxy groups -OCH3 is 1. The zero-order valence-electron chi connectivity index (χ0n) is 16.8. The van der Waals surface area contributed by atoms with Gasteiger partial charge in [-0.1, -0.05) is 6.92 Å². The Labute approximate surface area is 168 Å². The summed E-state index contributed by atoms with van der Waals surface area (Å²) in [4.78, 5) is 21.3. The van der Waals surface area contributed by atoms with Crippen LogP contribution in [-0.4, -0.2) is 64.3 Å². The van der Waals surface area contributed by atoms with Gasteiger partial charge in [0.2, 0.25) is 5.88 Å². The molecule has 2 aliphatic rings. The summed E-state index contributed by atoms with van der Waals surface area (Å²) < 4.78 is 5.15. The van der Waals surface area contributed by atoms with Gasteiger partial charge in [-0.15, -0.1) is 0 Å². The summed E-state index contributed by atoms with van der Waals surface area (Å²) >= 11 is 0. The first-order valence-corrected chi connectivity index (χ1v) is 9.81. The lowest BCUT2D eigenvalue weighted by molar-refractivity contribution is 0.170. The first kappa shape index (κ1) is 17.9. The molecule has 8 heteroatoms. The number of hydrogen-bond donors (Lipinski definition) is 2. The Kier molecular flexibility index (Phi) is 4.16. The average Bonchev–Trinajstić information content (AvgIpc) is 3.27. The van der Waals surface area contributed by atoms with Gasteiger partial charge in [-0.05, 0) is 36.7 Å². The summed E-state index contributed by atoms with van der Waals surface area (Å²) in [6, 6.07) is 8.07. The van der Waals surface area contributed by atoms with Crippen LogP contribution in [0.15, 0.2) is 30.5 Å². The van der Waals surface area contributed by atoms with Crippen LogP contribution >= 0.6 is 0 Å². The van der Waals surface area contributed by atoms with E-state index in [4.69, 9.17) is 4.74 Å². The van der Waals surface area contributed by atoms with Gasteiger partial charge in [-0.25, -0.2) is 9.78 Å². The second-order valence-electron chi connectivity index (χ2n) is 8.04. The number of ether oxygens (including phenoxy) is 1. The van der Waals surface area contributed by atoms with Crippen LogP contribution in [0, 0.1) is 5.92 Å².